The van der Waals surface area contributed by atoms with Gasteiger partial charge in [-0.05, 0) is 25.1 Å². The van der Waals surface area contributed by atoms with Crippen LogP contribution in [-0.4, -0.2) is 0 Å². The molecule has 0 N–H and O–H groups in total. The van der Waals surface area contributed by atoms with Gasteiger partial charge in [0.25, 0.3) is 0 Å². The lowest BCUT2D eigenvalue weighted by Crippen LogP contribution is -1.99. The van der Waals surface area contributed by atoms with Gasteiger partial charge < -0.3 is 4.74 Å². The molecule has 0 fully saturated rings. The average molecular weight is 344 g/mol. The molecule has 19 heavy (non-hydrogen) atoms. The fraction of sp³-hybridized carbons (Fsp3) is 0.200. The second-order valence-corrected chi connectivity index (χ2v) is 5.24. The Bertz CT molecular complexity index is 586. The lowest BCUT2D eigenvalue weighted by molar-refractivity contribution is 0.304. The molecule has 0 radical (unpaired) electrons. The summed E-state index contributed by atoms with van der Waals surface area (Å²) in [6.07, 6.45) is 0. The van der Waals surface area contributed by atoms with Crippen molar-refractivity contribution in [2.24, 2.45) is 0 Å². The highest BCUT2D eigenvalue weighted by Gasteiger charge is 2.06. The molecule has 0 saturated heterocycles. The van der Waals surface area contributed by atoms with Crippen molar-refractivity contribution in [2.75, 3.05) is 0 Å². The summed E-state index contributed by atoms with van der Waals surface area (Å²) in [4.78, 5) is 0. The van der Waals surface area contributed by atoms with Crippen molar-refractivity contribution in [3.8, 4) is 5.75 Å². The number of aryl methyl sites for hydroxylation is 1. The van der Waals surface area contributed by atoms with E-state index >= 15 is 0 Å². The number of hydrogen-bond acceptors (Lipinski definition) is 1. The summed E-state index contributed by atoms with van der Waals surface area (Å²) in [5, 5.41) is 1.11. The van der Waals surface area contributed by atoms with Gasteiger partial charge in [-0.3, -0.25) is 0 Å². The first-order valence-corrected chi connectivity index (χ1v) is 7.32. The minimum absolute atomic E-state index is 0.322. The minimum atomic E-state index is -0.342. The third kappa shape index (κ3) is 3.71. The van der Waals surface area contributed by atoms with Crippen molar-refractivity contribution in [3.05, 3.63) is 63.9 Å². The fourth-order valence-electron chi connectivity index (χ4n) is 1.75. The Balaban J connectivity index is 2.14. The highest BCUT2D eigenvalue weighted by atomic mass is 79.9. The zero-order valence-electron chi connectivity index (χ0n) is 10.4. The quantitative estimate of drug-likeness (QED) is 0.688. The lowest BCUT2D eigenvalue weighted by atomic mass is 10.1. The Kier molecular flexibility index (Phi) is 4.83. The summed E-state index contributed by atoms with van der Waals surface area (Å²) >= 11 is 9.40. The van der Waals surface area contributed by atoms with Crippen LogP contribution in [-0.2, 0) is 11.9 Å². The van der Waals surface area contributed by atoms with Crippen LogP contribution in [0.2, 0.25) is 5.02 Å². The van der Waals surface area contributed by atoms with E-state index in [1.54, 1.807) is 6.07 Å². The van der Waals surface area contributed by atoms with E-state index in [9.17, 15) is 4.39 Å². The third-order valence-corrected chi connectivity index (χ3v) is 3.71. The van der Waals surface area contributed by atoms with Crippen LogP contribution in [0.4, 0.5) is 4.39 Å². The monoisotopic (exact) mass is 342 g/mol. The van der Waals surface area contributed by atoms with E-state index in [1.807, 2.05) is 19.1 Å². The molecular weight excluding hydrogens is 331 g/mol. The van der Waals surface area contributed by atoms with Crippen molar-refractivity contribution in [1.29, 1.82) is 0 Å². The molecule has 2 aromatic rings. The normalized spacial score (nSPS) is 10.5. The van der Waals surface area contributed by atoms with E-state index in [0.717, 1.165) is 22.2 Å². The number of benzene rings is 2. The molecule has 100 valence electrons. The van der Waals surface area contributed by atoms with Gasteiger partial charge >= 0.3 is 0 Å². The van der Waals surface area contributed by atoms with Gasteiger partial charge in [0, 0.05) is 16.5 Å². The van der Waals surface area contributed by atoms with Crippen LogP contribution in [0.5, 0.6) is 5.75 Å². The zero-order valence-corrected chi connectivity index (χ0v) is 12.8. The Hall–Kier alpha value is -1.06. The average Bonchev–Trinajstić information content (AvgIpc) is 2.39. The minimum Gasteiger partial charge on any atom is -0.489 e. The Morgan fingerprint density at radius 2 is 1.95 bits per heavy atom. The highest BCUT2D eigenvalue weighted by Crippen LogP contribution is 2.25. The Labute approximate surface area is 125 Å². The van der Waals surface area contributed by atoms with Gasteiger partial charge in [-0.2, -0.15) is 0 Å². The maximum Gasteiger partial charge on any atom is 0.124 e. The molecule has 0 amide bonds. The van der Waals surface area contributed by atoms with Gasteiger partial charge in [0.15, 0.2) is 0 Å². The molecule has 2 rings (SSSR count). The molecule has 0 spiro atoms. The van der Waals surface area contributed by atoms with Crippen LogP contribution in [0, 0.1) is 12.7 Å². The van der Waals surface area contributed by atoms with Crippen molar-refractivity contribution < 1.29 is 9.13 Å². The van der Waals surface area contributed by atoms with Gasteiger partial charge in [0.05, 0.1) is 5.02 Å². The second-order valence-electron chi connectivity index (χ2n) is 4.27. The molecule has 0 aliphatic carbocycles. The molecule has 0 unspecified atom stereocenters. The van der Waals surface area contributed by atoms with E-state index < -0.39 is 0 Å². The molecule has 0 aliphatic rings. The molecule has 0 atom stereocenters. The van der Waals surface area contributed by atoms with Crippen LogP contribution in [0.3, 0.4) is 0 Å². The van der Waals surface area contributed by atoms with Gasteiger partial charge in [-0.15, -0.1) is 0 Å². The molecule has 0 aromatic heterocycles. The predicted octanol–water partition coefficient (Wildman–Crippen LogP) is 5.26. The van der Waals surface area contributed by atoms with Gasteiger partial charge in [-0.25, -0.2) is 4.39 Å². The smallest absolute Gasteiger partial charge is 0.124 e. The summed E-state index contributed by atoms with van der Waals surface area (Å²) in [5.41, 5.74) is 3.03. The van der Waals surface area contributed by atoms with Crippen molar-refractivity contribution in [2.45, 2.75) is 18.9 Å². The molecule has 0 bridgehead atoms. The number of alkyl halides is 1. The standard InChI is InChI=1S/C15H13BrClFO/c1-10-2-5-15(12(6-10)8-16)19-9-11-3-4-13(18)7-14(11)17/h2-7H,8-9H2,1H3. The third-order valence-electron chi connectivity index (χ3n) is 2.76. The van der Waals surface area contributed by atoms with Crippen LogP contribution in [0.15, 0.2) is 36.4 Å². The number of halogens is 3. The molecule has 1 nitrogen and oxygen atoms in total. The van der Waals surface area contributed by atoms with Gasteiger partial charge in [0.1, 0.15) is 18.2 Å². The summed E-state index contributed by atoms with van der Waals surface area (Å²) in [5.74, 6) is 0.466. The van der Waals surface area contributed by atoms with Crippen LogP contribution >= 0.6 is 27.5 Å². The zero-order chi connectivity index (χ0) is 13.8. The largest absolute Gasteiger partial charge is 0.489 e. The van der Waals surface area contributed by atoms with Gasteiger partial charge in [0.2, 0.25) is 0 Å². The van der Waals surface area contributed by atoms with Gasteiger partial charge in [-0.1, -0.05) is 51.3 Å². The van der Waals surface area contributed by atoms with E-state index in [0.29, 0.717) is 11.6 Å². The maximum atomic E-state index is 12.9. The summed E-state index contributed by atoms with van der Waals surface area (Å²) in [6.45, 7) is 2.36. The van der Waals surface area contributed by atoms with Crippen LogP contribution in [0.25, 0.3) is 0 Å². The molecule has 0 aliphatic heterocycles. The Morgan fingerprint density at radius 3 is 2.63 bits per heavy atom. The fourth-order valence-corrected chi connectivity index (χ4v) is 2.41. The molecule has 2 aromatic carbocycles. The summed E-state index contributed by atoms with van der Waals surface area (Å²) in [6, 6.07) is 10.3. The molecule has 0 saturated carbocycles. The van der Waals surface area contributed by atoms with Crippen LogP contribution < -0.4 is 4.74 Å². The number of hydrogen-bond donors (Lipinski definition) is 0. The molecule has 4 heteroatoms. The van der Waals surface area contributed by atoms with Crippen molar-refractivity contribution >= 4 is 27.5 Å². The first kappa shape index (κ1) is 14.4. The topological polar surface area (TPSA) is 9.23 Å². The van der Waals surface area contributed by atoms with E-state index in [4.69, 9.17) is 16.3 Å². The Morgan fingerprint density at radius 1 is 1.16 bits per heavy atom. The number of ether oxygens (including phenoxy) is 1. The first-order chi connectivity index (χ1) is 9.10. The summed E-state index contributed by atoms with van der Waals surface area (Å²) < 4.78 is 18.7. The predicted molar refractivity (Wildman–Crippen MR) is 79.6 cm³/mol. The lowest BCUT2D eigenvalue weighted by Gasteiger charge is -2.11. The van der Waals surface area contributed by atoms with E-state index in [-0.39, 0.29) is 5.82 Å². The number of rotatable bonds is 4. The maximum absolute atomic E-state index is 12.9. The highest BCUT2D eigenvalue weighted by molar-refractivity contribution is 9.08. The molecular formula is C15H13BrClFO. The SMILES string of the molecule is Cc1ccc(OCc2ccc(F)cc2Cl)c(CBr)c1. The van der Waals surface area contributed by atoms with Crippen molar-refractivity contribution in [1.82, 2.24) is 0 Å². The van der Waals surface area contributed by atoms with Crippen LogP contribution in [0.1, 0.15) is 16.7 Å². The molecule has 0 heterocycles. The first-order valence-electron chi connectivity index (χ1n) is 5.82. The second kappa shape index (κ2) is 6.40. The van der Waals surface area contributed by atoms with E-state index in [1.165, 1.54) is 17.7 Å². The summed E-state index contributed by atoms with van der Waals surface area (Å²) in [7, 11) is 0. The van der Waals surface area contributed by atoms with Crippen molar-refractivity contribution in [3.63, 3.8) is 0 Å². The van der Waals surface area contributed by atoms with E-state index in [2.05, 4.69) is 22.0 Å².